The van der Waals surface area contributed by atoms with Crippen molar-refractivity contribution >= 4 is 11.7 Å². The van der Waals surface area contributed by atoms with Gasteiger partial charge in [0.1, 0.15) is 11.6 Å². The van der Waals surface area contributed by atoms with Gasteiger partial charge in [-0.1, -0.05) is 6.42 Å². The van der Waals surface area contributed by atoms with E-state index in [1.807, 2.05) is 0 Å². The highest BCUT2D eigenvalue weighted by molar-refractivity contribution is 5.68. The molecule has 0 heterocycles. The molecule has 0 amide bonds. The molecular weight excluding hydrogens is 240 g/mol. The van der Waals surface area contributed by atoms with Gasteiger partial charge in [-0.25, -0.2) is 8.78 Å². The number of esters is 1. The molecule has 0 bridgehead atoms. The van der Waals surface area contributed by atoms with Gasteiger partial charge in [0.2, 0.25) is 0 Å². The smallest absolute Gasteiger partial charge is 0.305 e. The van der Waals surface area contributed by atoms with Crippen molar-refractivity contribution in [1.29, 1.82) is 0 Å². The second kappa shape index (κ2) is 7.63. The van der Waals surface area contributed by atoms with E-state index in [1.54, 1.807) is 0 Å². The molecule has 0 spiro atoms. The monoisotopic (exact) mass is 257 g/mol. The summed E-state index contributed by atoms with van der Waals surface area (Å²) in [5, 5.41) is 2.93. The van der Waals surface area contributed by atoms with Crippen molar-refractivity contribution in [3.63, 3.8) is 0 Å². The molecule has 3 nitrogen and oxygen atoms in total. The van der Waals surface area contributed by atoms with Crippen molar-refractivity contribution in [2.24, 2.45) is 0 Å². The lowest BCUT2D eigenvalue weighted by Crippen LogP contribution is -2.03. The molecule has 100 valence electrons. The van der Waals surface area contributed by atoms with Gasteiger partial charge in [-0.3, -0.25) is 4.79 Å². The van der Waals surface area contributed by atoms with Crippen LogP contribution in [0.4, 0.5) is 14.5 Å². The molecule has 1 rings (SSSR count). The minimum absolute atomic E-state index is 0.213. The van der Waals surface area contributed by atoms with Crippen LogP contribution in [0.5, 0.6) is 0 Å². The number of hydrogen-bond donors (Lipinski definition) is 1. The molecule has 1 aromatic carbocycles. The molecule has 5 heteroatoms. The van der Waals surface area contributed by atoms with Crippen molar-refractivity contribution in [3.8, 4) is 0 Å². The maximum atomic E-state index is 12.9. The third-order valence-electron chi connectivity index (χ3n) is 2.48. The van der Waals surface area contributed by atoms with Crippen LogP contribution in [0, 0.1) is 11.6 Å². The van der Waals surface area contributed by atoms with Crippen LogP contribution in [-0.4, -0.2) is 19.6 Å². The number of carbonyl (C=O) groups is 1. The Morgan fingerprint density at radius 2 is 1.83 bits per heavy atom. The van der Waals surface area contributed by atoms with E-state index < -0.39 is 11.6 Å². The predicted molar refractivity (Wildman–Crippen MR) is 65.3 cm³/mol. The van der Waals surface area contributed by atoms with Gasteiger partial charge in [-0.2, -0.15) is 0 Å². The first-order valence-electron chi connectivity index (χ1n) is 5.88. The molecule has 0 unspecified atom stereocenters. The zero-order chi connectivity index (χ0) is 13.4. The summed E-state index contributed by atoms with van der Waals surface area (Å²) in [4.78, 5) is 10.8. The van der Waals surface area contributed by atoms with Crippen molar-refractivity contribution in [2.45, 2.75) is 25.7 Å². The molecule has 0 fully saturated rings. The average Bonchev–Trinajstić information content (AvgIpc) is 2.32. The maximum Gasteiger partial charge on any atom is 0.305 e. The summed E-state index contributed by atoms with van der Waals surface area (Å²) in [6, 6.07) is 3.33. The molecule has 0 saturated heterocycles. The number of rotatable bonds is 7. The molecule has 0 atom stereocenters. The molecule has 0 saturated carbocycles. The van der Waals surface area contributed by atoms with Crippen LogP contribution in [0.2, 0.25) is 0 Å². The zero-order valence-electron chi connectivity index (χ0n) is 10.3. The van der Waals surface area contributed by atoms with Gasteiger partial charge in [0.25, 0.3) is 0 Å². The van der Waals surface area contributed by atoms with Gasteiger partial charge in [-0.05, 0) is 25.0 Å². The molecule has 1 aromatic rings. The Hall–Kier alpha value is -1.65. The summed E-state index contributed by atoms with van der Waals surface area (Å²) in [6.07, 6.45) is 2.85. The maximum absolute atomic E-state index is 12.9. The normalized spacial score (nSPS) is 10.2. The van der Waals surface area contributed by atoms with Gasteiger partial charge in [-0.15, -0.1) is 0 Å². The number of halogens is 2. The second-order valence-corrected chi connectivity index (χ2v) is 3.97. The van der Waals surface area contributed by atoms with E-state index in [4.69, 9.17) is 0 Å². The number of anilines is 1. The van der Waals surface area contributed by atoms with E-state index in [0.717, 1.165) is 25.3 Å². The Bertz CT molecular complexity index is 376. The largest absolute Gasteiger partial charge is 0.469 e. The second-order valence-electron chi connectivity index (χ2n) is 3.97. The highest BCUT2D eigenvalue weighted by Crippen LogP contribution is 2.13. The van der Waals surface area contributed by atoms with E-state index in [0.29, 0.717) is 18.7 Å². The van der Waals surface area contributed by atoms with E-state index in [2.05, 4.69) is 10.1 Å². The lowest BCUT2D eigenvalue weighted by atomic mass is 10.2. The number of carbonyl (C=O) groups excluding carboxylic acids is 1. The van der Waals surface area contributed by atoms with Gasteiger partial charge in [0, 0.05) is 24.7 Å². The molecule has 0 aromatic heterocycles. The van der Waals surface area contributed by atoms with E-state index in [-0.39, 0.29) is 5.97 Å². The molecule has 18 heavy (non-hydrogen) atoms. The average molecular weight is 257 g/mol. The van der Waals surface area contributed by atoms with Crippen LogP contribution >= 0.6 is 0 Å². The number of nitrogens with one attached hydrogen (secondary N) is 1. The molecule has 0 aliphatic carbocycles. The number of benzene rings is 1. The van der Waals surface area contributed by atoms with Crippen LogP contribution in [0.15, 0.2) is 18.2 Å². The van der Waals surface area contributed by atoms with Crippen molar-refractivity contribution in [1.82, 2.24) is 0 Å². The van der Waals surface area contributed by atoms with Gasteiger partial charge < -0.3 is 10.1 Å². The number of methoxy groups -OCH3 is 1. The lowest BCUT2D eigenvalue weighted by Gasteiger charge is -2.06. The summed E-state index contributed by atoms with van der Waals surface area (Å²) >= 11 is 0. The Morgan fingerprint density at radius 1 is 1.17 bits per heavy atom. The molecule has 0 aliphatic rings. The molecular formula is C13H17F2NO2. The number of ether oxygens (including phenoxy) is 1. The highest BCUT2D eigenvalue weighted by Gasteiger charge is 2.01. The fourth-order valence-electron chi connectivity index (χ4n) is 1.56. The zero-order valence-corrected chi connectivity index (χ0v) is 10.3. The third-order valence-corrected chi connectivity index (χ3v) is 2.48. The third kappa shape index (κ3) is 5.61. The van der Waals surface area contributed by atoms with Crippen LogP contribution in [0.25, 0.3) is 0 Å². The summed E-state index contributed by atoms with van der Waals surface area (Å²) in [5.74, 6) is -1.40. The molecule has 0 radical (unpaired) electrons. The summed E-state index contributed by atoms with van der Waals surface area (Å²) in [7, 11) is 1.36. The van der Waals surface area contributed by atoms with E-state index >= 15 is 0 Å². The fourth-order valence-corrected chi connectivity index (χ4v) is 1.56. The van der Waals surface area contributed by atoms with Crippen LogP contribution in [0.1, 0.15) is 25.7 Å². The topological polar surface area (TPSA) is 38.3 Å². The van der Waals surface area contributed by atoms with Gasteiger partial charge in [0.05, 0.1) is 7.11 Å². The fraction of sp³-hybridized carbons (Fsp3) is 0.462. The molecule has 0 aliphatic heterocycles. The standard InChI is InChI=1S/C13H17F2NO2/c1-18-13(17)5-3-2-4-6-16-12-8-10(14)7-11(15)9-12/h7-9,16H,2-6H2,1H3. The first kappa shape index (κ1) is 14.4. The van der Waals surface area contributed by atoms with Crippen LogP contribution in [0.3, 0.4) is 0 Å². The first-order valence-corrected chi connectivity index (χ1v) is 5.88. The Kier molecular flexibility index (Phi) is 6.11. The van der Waals surface area contributed by atoms with Crippen LogP contribution in [-0.2, 0) is 9.53 Å². The van der Waals surface area contributed by atoms with Gasteiger partial charge >= 0.3 is 5.97 Å². The van der Waals surface area contributed by atoms with E-state index in [1.165, 1.54) is 19.2 Å². The minimum atomic E-state index is -0.594. The summed E-state index contributed by atoms with van der Waals surface area (Å²) in [6.45, 7) is 0.615. The lowest BCUT2D eigenvalue weighted by molar-refractivity contribution is -0.140. The Morgan fingerprint density at radius 3 is 2.44 bits per heavy atom. The SMILES string of the molecule is COC(=O)CCCCCNc1cc(F)cc(F)c1. The molecule has 1 N–H and O–H groups in total. The van der Waals surface area contributed by atoms with Crippen molar-refractivity contribution < 1.29 is 18.3 Å². The number of hydrogen-bond acceptors (Lipinski definition) is 3. The highest BCUT2D eigenvalue weighted by atomic mass is 19.1. The Balaban J connectivity index is 2.16. The van der Waals surface area contributed by atoms with Crippen molar-refractivity contribution in [3.05, 3.63) is 29.8 Å². The van der Waals surface area contributed by atoms with E-state index in [9.17, 15) is 13.6 Å². The Labute approximate surface area is 105 Å². The van der Waals surface area contributed by atoms with Crippen LogP contribution < -0.4 is 5.32 Å². The minimum Gasteiger partial charge on any atom is -0.469 e. The quantitative estimate of drug-likeness (QED) is 0.602. The number of unbranched alkanes of at least 4 members (excludes halogenated alkanes) is 2. The first-order chi connectivity index (χ1) is 8.61. The van der Waals surface area contributed by atoms with Gasteiger partial charge in [0.15, 0.2) is 0 Å². The summed E-state index contributed by atoms with van der Waals surface area (Å²) < 4.78 is 30.2. The summed E-state index contributed by atoms with van der Waals surface area (Å²) in [5.41, 5.74) is 0.431. The predicted octanol–water partition coefficient (Wildman–Crippen LogP) is 3.11. The van der Waals surface area contributed by atoms with Crippen molar-refractivity contribution in [2.75, 3.05) is 19.0 Å².